The summed E-state index contributed by atoms with van der Waals surface area (Å²) in [7, 11) is -3.17. The van der Waals surface area contributed by atoms with Crippen molar-refractivity contribution in [2.24, 2.45) is 17.8 Å². The maximum Gasteiger partial charge on any atom is 0.223 e. The highest BCUT2D eigenvalue weighted by molar-refractivity contribution is 7.88. The van der Waals surface area contributed by atoms with Crippen LogP contribution in [-0.2, 0) is 14.8 Å². The Bertz CT molecular complexity index is 448. The summed E-state index contributed by atoms with van der Waals surface area (Å²) < 4.78 is 25.3. The van der Waals surface area contributed by atoms with Crippen LogP contribution in [0.3, 0.4) is 0 Å². The first-order valence-corrected chi connectivity index (χ1v) is 9.21. The fourth-order valence-corrected chi connectivity index (χ4v) is 3.84. The Morgan fingerprint density at radius 1 is 1.35 bits per heavy atom. The summed E-state index contributed by atoms with van der Waals surface area (Å²) in [5.74, 6) is 0.754. The van der Waals surface area contributed by atoms with Gasteiger partial charge in [0.25, 0.3) is 0 Å². The molecule has 0 spiro atoms. The van der Waals surface area contributed by atoms with Gasteiger partial charge < -0.3 is 10.6 Å². The van der Waals surface area contributed by atoms with E-state index in [4.69, 9.17) is 0 Å². The number of sulfonamides is 1. The Labute approximate surface area is 121 Å². The van der Waals surface area contributed by atoms with Crippen LogP contribution in [-0.4, -0.2) is 46.3 Å². The maximum absolute atomic E-state index is 12.0. The third-order valence-electron chi connectivity index (χ3n) is 4.50. The fourth-order valence-electron chi connectivity index (χ4n) is 2.98. The predicted octanol–water partition coefficient (Wildman–Crippen LogP) is -0.324. The van der Waals surface area contributed by atoms with Crippen LogP contribution in [0.4, 0.5) is 0 Å². The lowest BCUT2D eigenvalue weighted by molar-refractivity contribution is -0.126. The molecule has 0 aromatic rings. The molecule has 0 aromatic carbocycles. The first-order chi connectivity index (χ1) is 9.37. The second-order valence-electron chi connectivity index (χ2n) is 6.14. The van der Waals surface area contributed by atoms with Crippen molar-refractivity contribution < 1.29 is 13.2 Å². The second-order valence-corrected chi connectivity index (χ2v) is 7.92. The van der Waals surface area contributed by atoms with E-state index in [0.717, 1.165) is 32.4 Å². The van der Waals surface area contributed by atoms with Crippen LogP contribution in [0.2, 0.25) is 0 Å². The molecule has 2 rings (SSSR count). The van der Waals surface area contributed by atoms with Crippen LogP contribution in [0.15, 0.2) is 0 Å². The molecular formula is C13H25N3O3S. The Hall–Kier alpha value is -0.660. The second kappa shape index (κ2) is 6.41. The van der Waals surface area contributed by atoms with Crippen molar-refractivity contribution in [3.05, 3.63) is 0 Å². The van der Waals surface area contributed by atoms with Crippen molar-refractivity contribution in [3.8, 4) is 0 Å². The molecular weight excluding hydrogens is 278 g/mol. The Kier molecular flexibility index (Phi) is 5.04. The van der Waals surface area contributed by atoms with Crippen LogP contribution < -0.4 is 15.4 Å². The summed E-state index contributed by atoms with van der Waals surface area (Å²) in [4.78, 5) is 12.0. The van der Waals surface area contributed by atoms with Crippen LogP contribution >= 0.6 is 0 Å². The molecule has 0 bridgehead atoms. The van der Waals surface area contributed by atoms with Crippen LogP contribution in [0, 0.1) is 17.8 Å². The van der Waals surface area contributed by atoms with E-state index in [9.17, 15) is 13.2 Å². The highest BCUT2D eigenvalue weighted by Gasteiger charge is 2.32. The lowest BCUT2D eigenvalue weighted by Crippen LogP contribution is -2.50. The van der Waals surface area contributed by atoms with Gasteiger partial charge in [-0.25, -0.2) is 13.1 Å². The molecule has 6 nitrogen and oxygen atoms in total. The molecule has 1 aliphatic heterocycles. The van der Waals surface area contributed by atoms with E-state index >= 15 is 0 Å². The standard InChI is InChI=1S/C13H25N3O3S/c1-9(11-6-14-7-11)13(17)15-8-10-4-3-5-12(10)16-20(2,18)19/h9-12,14,16H,3-8H2,1-2H3,(H,15,17). The monoisotopic (exact) mass is 303 g/mol. The van der Waals surface area contributed by atoms with Gasteiger partial charge in [-0.2, -0.15) is 0 Å². The highest BCUT2D eigenvalue weighted by Crippen LogP contribution is 2.26. The molecule has 1 saturated carbocycles. The molecule has 20 heavy (non-hydrogen) atoms. The third-order valence-corrected chi connectivity index (χ3v) is 5.23. The van der Waals surface area contributed by atoms with Crippen LogP contribution in [0.1, 0.15) is 26.2 Å². The topological polar surface area (TPSA) is 87.3 Å². The van der Waals surface area contributed by atoms with Crippen molar-refractivity contribution >= 4 is 15.9 Å². The summed E-state index contributed by atoms with van der Waals surface area (Å²) in [5, 5.41) is 6.16. The van der Waals surface area contributed by atoms with Crippen molar-refractivity contribution in [1.29, 1.82) is 0 Å². The molecule has 3 atom stereocenters. The zero-order valence-corrected chi connectivity index (χ0v) is 13.0. The van der Waals surface area contributed by atoms with Crippen LogP contribution in [0.25, 0.3) is 0 Å². The molecule has 7 heteroatoms. The van der Waals surface area contributed by atoms with Gasteiger partial charge in [0.05, 0.1) is 6.26 Å². The number of carbonyl (C=O) groups excluding carboxylic acids is 1. The average Bonchev–Trinajstić information content (AvgIpc) is 2.68. The molecule has 1 aliphatic carbocycles. The van der Waals surface area contributed by atoms with E-state index in [1.807, 2.05) is 6.92 Å². The Morgan fingerprint density at radius 3 is 2.60 bits per heavy atom. The smallest absolute Gasteiger partial charge is 0.223 e. The lowest BCUT2D eigenvalue weighted by Gasteiger charge is -2.32. The number of hydrogen-bond acceptors (Lipinski definition) is 4. The normalized spacial score (nSPS) is 28.9. The number of hydrogen-bond donors (Lipinski definition) is 3. The van der Waals surface area contributed by atoms with Gasteiger partial charge in [0.15, 0.2) is 0 Å². The molecule has 3 N–H and O–H groups in total. The Balaban J connectivity index is 1.78. The number of amides is 1. The van der Waals surface area contributed by atoms with Gasteiger partial charge >= 0.3 is 0 Å². The molecule has 2 fully saturated rings. The van der Waals surface area contributed by atoms with Gasteiger partial charge in [0.1, 0.15) is 0 Å². The van der Waals surface area contributed by atoms with E-state index in [2.05, 4.69) is 15.4 Å². The van der Waals surface area contributed by atoms with Gasteiger partial charge in [0.2, 0.25) is 15.9 Å². The first-order valence-electron chi connectivity index (χ1n) is 7.32. The lowest BCUT2D eigenvalue weighted by atomic mass is 9.88. The van der Waals surface area contributed by atoms with Crippen LogP contribution in [0.5, 0.6) is 0 Å². The van der Waals surface area contributed by atoms with Gasteiger partial charge in [-0.05, 0) is 37.8 Å². The van der Waals surface area contributed by atoms with Gasteiger partial charge in [-0.1, -0.05) is 13.3 Å². The molecule has 0 radical (unpaired) electrons. The quantitative estimate of drug-likeness (QED) is 0.627. The average molecular weight is 303 g/mol. The fraction of sp³-hybridized carbons (Fsp3) is 0.923. The molecule has 116 valence electrons. The first kappa shape index (κ1) is 15.7. The highest BCUT2D eigenvalue weighted by atomic mass is 32.2. The van der Waals surface area contributed by atoms with E-state index in [1.54, 1.807) is 0 Å². The zero-order chi connectivity index (χ0) is 14.8. The summed E-state index contributed by atoms with van der Waals surface area (Å²) in [6, 6.07) is -0.0361. The minimum absolute atomic E-state index is 0.0268. The molecule has 1 saturated heterocycles. The van der Waals surface area contributed by atoms with Gasteiger partial charge in [-0.15, -0.1) is 0 Å². The number of carbonyl (C=O) groups is 1. The van der Waals surface area contributed by atoms with Gasteiger partial charge in [-0.3, -0.25) is 4.79 Å². The molecule has 3 unspecified atom stereocenters. The summed E-state index contributed by atoms with van der Waals surface area (Å²) in [6.07, 6.45) is 4.02. The van der Waals surface area contributed by atoms with E-state index in [-0.39, 0.29) is 23.8 Å². The van der Waals surface area contributed by atoms with E-state index in [1.165, 1.54) is 6.26 Å². The molecule has 1 amide bonds. The van der Waals surface area contributed by atoms with Crippen molar-refractivity contribution in [2.75, 3.05) is 25.9 Å². The molecule has 1 heterocycles. The maximum atomic E-state index is 12.0. The predicted molar refractivity (Wildman–Crippen MR) is 77.6 cm³/mol. The number of rotatable bonds is 6. The summed E-state index contributed by atoms with van der Waals surface area (Å²) in [6.45, 7) is 4.35. The minimum atomic E-state index is -3.17. The van der Waals surface area contributed by atoms with E-state index in [0.29, 0.717) is 12.5 Å². The third kappa shape index (κ3) is 4.17. The van der Waals surface area contributed by atoms with Crippen molar-refractivity contribution in [3.63, 3.8) is 0 Å². The van der Waals surface area contributed by atoms with Gasteiger partial charge in [0, 0.05) is 18.5 Å². The van der Waals surface area contributed by atoms with Crippen molar-refractivity contribution in [1.82, 2.24) is 15.4 Å². The minimum Gasteiger partial charge on any atom is -0.356 e. The molecule has 2 aliphatic rings. The molecule has 0 aromatic heterocycles. The Morgan fingerprint density at radius 2 is 2.05 bits per heavy atom. The van der Waals surface area contributed by atoms with Crippen molar-refractivity contribution in [2.45, 2.75) is 32.2 Å². The summed E-state index contributed by atoms with van der Waals surface area (Å²) in [5.41, 5.74) is 0. The largest absolute Gasteiger partial charge is 0.356 e. The summed E-state index contributed by atoms with van der Waals surface area (Å²) >= 11 is 0. The zero-order valence-electron chi connectivity index (χ0n) is 12.2. The number of nitrogens with one attached hydrogen (secondary N) is 3. The SMILES string of the molecule is CC(C(=O)NCC1CCCC1NS(C)(=O)=O)C1CNC1. The van der Waals surface area contributed by atoms with E-state index < -0.39 is 10.0 Å².